The number of phenolic OH excluding ortho intramolecular Hbond substituents is 1. The van der Waals surface area contributed by atoms with E-state index >= 15 is 0 Å². The highest BCUT2D eigenvalue weighted by Gasteiger charge is 2.46. The van der Waals surface area contributed by atoms with Crippen LogP contribution in [0.4, 0.5) is 5.69 Å². The number of methoxy groups -OCH3 is 1. The highest BCUT2D eigenvalue weighted by Crippen LogP contribution is 2.42. The Morgan fingerprint density at radius 3 is 1.91 bits per heavy atom. The normalized spacial score (nSPS) is 16.1. The summed E-state index contributed by atoms with van der Waals surface area (Å²) >= 11 is 0. The van der Waals surface area contributed by atoms with Crippen LogP contribution in [-0.2, 0) is 9.59 Å². The van der Waals surface area contributed by atoms with Crippen molar-refractivity contribution >= 4 is 23.1 Å². The third kappa shape index (κ3) is 9.30. The van der Waals surface area contributed by atoms with Crippen LogP contribution in [0.5, 0.6) is 11.5 Å². The number of amides is 1. The first-order valence-corrected chi connectivity index (χ1v) is 15.7. The summed E-state index contributed by atoms with van der Waals surface area (Å²) < 4.78 is 5.26. The SMILES string of the molecule is CCCCCCCCCCCCCCCCN1C(=O)C(=O)/C(=C(\O)c2ccc([N+](=O)[O-])cc2)C1c1ccc(O)c(OC)c1. The molecule has 0 saturated carbocycles. The molecule has 1 amide bonds. The average molecular weight is 595 g/mol. The second kappa shape index (κ2) is 17.3. The Kier molecular flexibility index (Phi) is 13.5. The quantitative estimate of drug-likeness (QED) is 0.0418. The van der Waals surface area contributed by atoms with Crippen molar-refractivity contribution in [1.82, 2.24) is 4.90 Å². The molecule has 3 rings (SSSR count). The van der Waals surface area contributed by atoms with Gasteiger partial charge < -0.3 is 19.8 Å². The predicted molar refractivity (Wildman–Crippen MR) is 167 cm³/mol. The zero-order chi connectivity index (χ0) is 31.2. The Hall–Kier alpha value is -3.88. The van der Waals surface area contributed by atoms with Crippen LogP contribution in [0.2, 0.25) is 0 Å². The maximum atomic E-state index is 13.3. The van der Waals surface area contributed by atoms with Crippen molar-refractivity contribution in [3.05, 3.63) is 69.3 Å². The first-order chi connectivity index (χ1) is 20.8. The van der Waals surface area contributed by atoms with Crippen molar-refractivity contribution in [3.63, 3.8) is 0 Å². The van der Waals surface area contributed by atoms with Crippen molar-refractivity contribution in [2.24, 2.45) is 0 Å². The maximum Gasteiger partial charge on any atom is 0.295 e. The summed E-state index contributed by atoms with van der Waals surface area (Å²) in [7, 11) is 1.40. The number of carbonyl (C=O) groups is 2. The summed E-state index contributed by atoms with van der Waals surface area (Å²) in [5, 5.41) is 32.4. The molecule has 9 nitrogen and oxygen atoms in total. The van der Waals surface area contributed by atoms with Crippen LogP contribution >= 0.6 is 0 Å². The topological polar surface area (TPSA) is 130 Å². The van der Waals surface area contributed by atoms with Crippen LogP contribution < -0.4 is 4.74 Å². The minimum Gasteiger partial charge on any atom is -0.507 e. The highest BCUT2D eigenvalue weighted by molar-refractivity contribution is 6.46. The third-order valence-corrected chi connectivity index (χ3v) is 8.16. The molecule has 2 aromatic carbocycles. The lowest BCUT2D eigenvalue weighted by molar-refractivity contribution is -0.384. The molecule has 9 heteroatoms. The fraction of sp³-hybridized carbons (Fsp3) is 0.529. The number of nitro benzene ring substituents is 1. The lowest BCUT2D eigenvalue weighted by atomic mass is 9.94. The Bertz CT molecular complexity index is 1260. The van der Waals surface area contributed by atoms with Gasteiger partial charge in [0.2, 0.25) is 0 Å². The fourth-order valence-electron chi connectivity index (χ4n) is 5.69. The van der Waals surface area contributed by atoms with E-state index in [0.717, 1.165) is 19.3 Å². The number of ether oxygens (including phenoxy) is 1. The van der Waals surface area contributed by atoms with Crippen LogP contribution in [0.15, 0.2) is 48.0 Å². The van der Waals surface area contributed by atoms with Crippen molar-refractivity contribution in [2.45, 2.75) is 103 Å². The Morgan fingerprint density at radius 2 is 1.40 bits per heavy atom. The Balaban J connectivity index is 1.63. The second-order valence-corrected chi connectivity index (χ2v) is 11.3. The standard InChI is InChI=1S/C34H46N2O7/c1-3-4-5-6-7-8-9-10-11-12-13-14-15-16-23-35-31(26-19-22-28(37)29(24-26)43-2)30(33(39)34(35)40)32(38)25-17-20-27(21-18-25)36(41)42/h17-22,24,31,37-38H,3-16,23H2,1-2H3/b32-30-. The molecule has 0 spiro atoms. The highest BCUT2D eigenvalue weighted by atomic mass is 16.6. The number of nitrogens with zero attached hydrogens (tertiary/aromatic N) is 2. The van der Waals surface area contributed by atoms with Crippen LogP contribution in [0.1, 0.15) is 114 Å². The van der Waals surface area contributed by atoms with Crippen molar-refractivity contribution < 1.29 is 29.5 Å². The average Bonchev–Trinajstić information content (AvgIpc) is 3.26. The number of non-ortho nitro benzene ring substituents is 1. The molecule has 0 bridgehead atoms. The number of Topliss-reactive ketones (excluding diaryl/α,β-unsaturated/α-hetero) is 1. The number of aromatic hydroxyl groups is 1. The molecule has 0 aromatic heterocycles. The number of hydrogen-bond donors (Lipinski definition) is 2. The summed E-state index contributed by atoms with van der Waals surface area (Å²) in [4.78, 5) is 38.5. The van der Waals surface area contributed by atoms with E-state index in [0.29, 0.717) is 18.5 Å². The van der Waals surface area contributed by atoms with Crippen molar-refractivity contribution in [2.75, 3.05) is 13.7 Å². The summed E-state index contributed by atoms with van der Waals surface area (Å²) in [5.41, 5.74) is 0.435. The molecule has 1 aliphatic heterocycles. The van der Waals surface area contributed by atoms with E-state index in [1.54, 1.807) is 12.1 Å². The minimum atomic E-state index is -0.897. The molecule has 234 valence electrons. The fourth-order valence-corrected chi connectivity index (χ4v) is 5.69. The molecule has 1 heterocycles. The molecular formula is C34H46N2O7. The van der Waals surface area contributed by atoms with Gasteiger partial charge in [0, 0.05) is 24.2 Å². The van der Waals surface area contributed by atoms with E-state index in [2.05, 4.69) is 6.92 Å². The molecule has 1 saturated heterocycles. The van der Waals surface area contributed by atoms with E-state index < -0.39 is 28.4 Å². The number of aliphatic hydroxyl groups is 1. The number of rotatable bonds is 19. The first-order valence-electron chi connectivity index (χ1n) is 15.7. The van der Waals surface area contributed by atoms with Gasteiger partial charge in [0.15, 0.2) is 11.5 Å². The minimum absolute atomic E-state index is 0.0921. The number of phenols is 1. The van der Waals surface area contributed by atoms with Crippen LogP contribution in [0.3, 0.4) is 0 Å². The molecule has 2 N–H and O–H groups in total. The van der Waals surface area contributed by atoms with Gasteiger partial charge in [-0.1, -0.05) is 96.5 Å². The van der Waals surface area contributed by atoms with E-state index in [9.17, 15) is 29.9 Å². The molecule has 1 atom stereocenters. The van der Waals surface area contributed by atoms with E-state index in [1.165, 1.54) is 107 Å². The second-order valence-electron chi connectivity index (χ2n) is 11.3. The first kappa shape index (κ1) is 33.6. The molecular weight excluding hydrogens is 548 g/mol. The van der Waals surface area contributed by atoms with Crippen molar-refractivity contribution in [1.29, 1.82) is 0 Å². The van der Waals surface area contributed by atoms with Gasteiger partial charge in [-0.05, 0) is 36.2 Å². The number of hydrogen-bond acceptors (Lipinski definition) is 7. The molecule has 1 fully saturated rings. The van der Waals surface area contributed by atoms with Gasteiger partial charge in [-0.15, -0.1) is 0 Å². The number of aliphatic hydroxyl groups excluding tert-OH is 1. The number of likely N-dealkylation sites (tertiary alicyclic amines) is 1. The zero-order valence-electron chi connectivity index (χ0n) is 25.6. The lowest BCUT2D eigenvalue weighted by Gasteiger charge is -2.26. The number of carbonyl (C=O) groups excluding carboxylic acids is 2. The monoisotopic (exact) mass is 594 g/mol. The van der Waals surface area contributed by atoms with Gasteiger partial charge in [-0.25, -0.2) is 0 Å². The van der Waals surface area contributed by atoms with E-state index in [1.807, 2.05) is 0 Å². The van der Waals surface area contributed by atoms with Crippen LogP contribution in [0.25, 0.3) is 5.76 Å². The molecule has 2 aromatic rings. The summed E-state index contributed by atoms with van der Waals surface area (Å²) in [6, 6.07) is 8.84. The van der Waals surface area contributed by atoms with Gasteiger partial charge in [-0.3, -0.25) is 19.7 Å². The summed E-state index contributed by atoms with van der Waals surface area (Å²) in [5.74, 6) is -1.86. The molecule has 43 heavy (non-hydrogen) atoms. The predicted octanol–water partition coefficient (Wildman–Crippen LogP) is 8.21. The van der Waals surface area contributed by atoms with Crippen LogP contribution in [0, 0.1) is 10.1 Å². The Morgan fingerprint density at radius 1 is 0.860 bits per heavy atom. The van der Waals surface area contributed by atoms with Gasteiger partial charge in [0.05, 0.1) is 23.6 Å². The third-order valence-electron chi connectivity index (χ3n) is 8.16. The largest absolute Gasteiger partial charge is 0.507 e. The summed E-state index contributed by atoms with van der Waals surface area (Å²) in [6.45, 7) is 2.57. The van der Waals surface area contributed by atoms with E-state index in [4.69, 9.17) is 4.74 Å². The van der Waals surface area contributed by atoms with Gasteiger partial charge >= 0.3 is 0 Å². The van der Waals surface area contributed by atoms with Gasteiger partial charge in [0.25, 0.3) is 17.4 Å². The zero-order valence-corrected chi connectivity index (χ0v) is 25.6. The molecule has 1 aliphatic rings. The smallest absolute Gasteiger partial charge is 0.295 e. The lowest BCUT2D eigenvalue weighted by Crippen LogP contribution is -2.30. The Labute approximate surface area is 254 Å². The van der Waals surface area contributed by atoms with Gasteiger partial charge in [-0.2, -0.15) is 0 Å². The molecule has 1 unspecified atom stereocenters. The number of ketones is 1. The van der Waals surface area contributed by atoms with Gasteiger partial charge in [0.1, 0.15) is 5.76 Å². The molecule has 0 aliphatic carbocycles. The number of unbranched alkanes of at least 4 members (excludes halogenated alkanes) is 13. The summed E-state index contributed by atoms with van der Waals surface area (Å²) in [6.07, 6.45) is 16.8. The van der Waals surface area contributed by atoms with E-state index in [-0.39, 0.29) is 28.3 Å². The van der Waals surface area contributed by atoms with Crippen molar-refractivity contribution in [3.8, 4) is 11.5 Å². The molecule has 0 radical (unpaired) electrons. The number of nitro groups is 1. The number of benzene rings is 2. The van der Waals surface area contributed by atoms with Crippen LogP contribution in [-0.4, -0.2) is 45.4 Å². The maximum absolute atomic E-state index is 13.3.